The Morgan fingerprint density at radius 1 is 0.571 bits per heavy atom. The Morgan fingerprint density at radius 2 is 1.04 bits per heavy atom. The molecule has 3 aromatic carbocycles. The van der Waals surface area contributed by atoms with Gasteiger partial charge in [-0.25, -0.2) is 0 Å². The first-order chi connectivity index (χ1) is 13.9. The van der Waals surface area contributed by atoms with Gasteiger partial charge in [-0.1, -0.05) is 127 Å². The summed E-state index contributed by atoms with van der Waals surface area (Å²) in [5, 5.41) is 4.24. The van der Waals surface area contributed by atoms with Crippen molar-refractivity contribution in [3.63, 3.8) is 0 Å². The smallest absolute Gasteiger partial charge is 0.0226 e. The molecule has 0 nitrogen and oxygen atoms in total. The number of hydrogen-bond donors (Lipinski definition) is 0. The van der Waals surface area contributed by atoms with E-state index in [0.717, 1.165) is 6.42 Å². The molecule has 0 saturated carbocycles. The summed E-state index contributed by atoms with van der Waals surface area (Å²) in [6, 6.07) is 32.8. The number of hydrogen-bond acceptors (Lipinski definition) is 0. The van der Waals surface area contributed by atoms with Crippen molar-refractivity contribution in [1.82, 2.24) is 0 Å². The summed E-state index contributed by atoms with van der Waals surface area (Å²) >= 11 is 0. The molecule has 0 amide bonds. The van der Waals surface area contributed by atoms with Crippen LogP contribution >= 0.6 is 15.8 Å². The molecule has 1 aliphatic carbocycles. The van der Waals surface area contributed by atoms with E-state index in [1.165, 1.54) is 15.9 Å². The van der Waals surface area contributed by atoms with Crippen LogP contribution in [0.2, 0.25) is 0 Å². The van der Waals surface area contributed by atoms with E-state index in [2.05, 4.69) is 127 Å². The molecule has 0 spiro atoms. The Kier molecular flexibility index (Phi) is 6.67. The van der Waals surface area contributed by atoms with E-state index in [9.17, 15) is 0 Å². The van der Waals surface area contributed by atoms with Crippen LogP contribution in [0.15, 0.2) is 127 Å². The molecular weight excluding hydrogens is 374 g/mol. The summed E-state index contributed by atoms with van der Waals surface area (Å²) in [6.45, 7) is 0. The predicted octanol–water partition coefficient (Wildman–Crippen LogP) is 6.28. The highest BCUT2D eigenvalue weighted by molar-refractivity contribution is 7.77. The molecule has 1 unspecified atom stereocenters. The van der Waals surface area contributed by atoms with Gasteiger partial charge in [-0.05, 0) is 38.2 Å². The monoisotopic (exact) mass is 398 g/mol. The molecule has 0 saturated heterocycles. The highest BCUT2D eigenvalue weighted by atomic mass is 31.1. The molecule has 1 atom stereocenters. The lowest BCUT2D eigenvalue weighted by Crippen LogP contribution is -2.11. The van der Waals surface area contributed by atoms with E-state index in [0.29, 0.717) is 5.66 Å². The minimum Gasteiger partial charge on any atom is -0.0838 e. The van der Waals surface area contributed by atoms with E-state index >= 15 is 0 Å². The van der Waals surface area contributed by atoms with Crippen LogP contribution < -0.4 is 15.9 Å². The summed E-state index contributed by atoms with van der Waals surface area (Å²) in [5.74, 6) is 4.98. The zero-order valence-corrected chi connectivity index (χ0v) is 17.6. The van der Waals surface area contributed by atoms with Crippen molar-refractivity contribution < 1.29 is 0 Å². The second-order valence-corrected chi connectivity index (χ2v) is 11.0. The molecule has 2 heteroatoms. The normalized spacial score (nSPS) is 15.3. The van der Waals surface area contributed by atoms with Gasteiger partial charge in [0.05, 0.1) is 0 Å². The third kappa shape index (κ3) is 4.77. The van der Waals surface area contributed by atoms with Crippen LogP contribution in [-0.2, 0) is 0 Å². The largest absolute Gasteiger partial charge is 0.0838 e. The summed E-state index contributed by atoms with van der Waals surface area (Å²) in [7, 11) is -0.932. The molecule has 3 aromatic rings. The summed E-state index contributed by atoms with van der Waals surface area (Å²) in [6.07, 6.45) is 10.4. The Labute approximate surface area is 170 Å². The van der Waals surface area contributed by atoms with Gasteiger partial charge in [0, 0.05) is 5.66 Å². The first-order valence-electron chi connectivity index (χ1n) is 9.66. The number of allylic oxidation sites excluding steroid dienone is 4. The fourth-order valence-corrected chi connectivity index (χ4v) is 7.94. The lowest BCUT2D eigenvalue weighted by Gasteiger charge is -2.23. The van der Waals surface area contributed by atoms with Crippen molar-refractivity contribution in [3.8, 4) is 0 Å². The van der Waals surface area contributed by atoms with E-state index in [1.807, 2.05) is 0 Å². The third-order valence-electron chi connectivity index (χ3n) is 4.76. The molecule has 0 aromatic heterocycles. The molecule has 0 aliphatic heterocycles. The average Bonchev–Trinajstić information content (AvgIpc) is 2.79. The van der Waals surface area contributed by atoms with Gasteiger partial charge in [0.2, 0.25) is 0 Å². The lowest BCUT2D eigenvalue weighted by molar-refractivity contribution is 1.24. The van der Waals surface area contributed by atoms with Crippen LogP contribution in [0.1, 0.15) is 6.42 Å². The van der Waals surface area contributed by atoms with Gasteiger partial charge in [0.25, 0.3) is 0 Å². The van der Waals surface area contributed by atoms with Crippen LogP contribution in [0, 0.1) is 0 Å². The molecule has 4 rings (SSSR count). The Bertz CT molecular complexity index is 892. The summed E-state index contributed by atoms with van der Waals surface area (Å²) in [4.78, 5) is 0. The molecule has 0 N–H and O–H groups in total. The fourth-order valence-electron chi connectivity index (χ4n) is 3.36. The number of benzene rings is 3. The Hall–Kier alpha value is -2.26. The number of rotatable bonds is 6. The topological polar surface area (TPSA) is 0 Å². The van der Waals surface area contributed by atoms with Crippen LogP contribution in [0.4, 0.5) is 0 Å². The third-order valence-corrected chi connectivity index (χ3v) is 9.50. The first kappa shape index (κ1) is 19.1. The fraction of sp³-hybridized carbons (Fsp3) is 0.0769. The zero-order chi connectivity index (χ0) is 19.0. The maximum Gasteiger partial charge on any atom is 0.0226 e. The van der Waals surface area contributed by atoms with Crippen molar-refractivity contribution in [3.05, 3.63) is 127 Å². The van der Waals surface area contributed by atoms with Crippen molar-refractivity contribution >= 4 is 31.8 Å². The van der Waals surface area contributed by atoms with Crippen molar-refractivity contribution in [1.29, 1.82) is 0 Å². The van der Waals surface area contributed by atoms with E-state index in [4.69, 9.17) is 0 Å². The molecule has 0 fully saturated rings. The maximum atomic E-state index is 2.50. The Morgan fingerprint density at radius 3 is 1.54 bits per heavy atom. The predicted molar refractivity (Wildman–Crippen MR) is 128 cm³/mol. The van der Waals surface area contributed by atoms with Crippen LogP contribution in [0.25, 0.3) is 0 Å². The maximum absolute atomic E-state index is 2.50. The lowest BCUT2D eigenvalue weighted by atomic mass is 10.2. The second kappa shape index (κ2) is 9.79. The van der Waals surface area contributed by atoms with Gasteiger partial charge in [0.1, 0.15) is 0 Å². The molecule has 1 aliphatic rings. The Balaban J connectivity index is 1.71. The standard InChI is InChI=1S/C26H24P2/c1-5-13-23(14-6-1)27(24-15-7-2-8-16-24)21-22-28(25-17-9-3-10-18-25)26-19-11-4-12-20-26/h1-3,5-22,26H,4H2/b22-21+. The van der Waals surface area contributed by atoms with Gasteiger partial charge < -0.3 is 0 Å². The highest BCUT2D eigenvalue weighted by Gasteiger charge is 2.18. The van der Waals surface area contributed by atoms with Crippen molar-refractivity contribution in [2.24, 2.45) is 0 Å². The second-order valence-electron chi connectivity index (χ2n) is 6.66. The molecule has 138 valence electrons. The van der Waals surface area contributed by atoms with Crippen LogP contribution in [-0.4, -0.2) is 5.66 Å². The van der Waals surface area contributed by atoms with Crippen LogP contribution in [0.3, 0.4) is 0 Å². The first-order valence-corrected chi connectivity index (χ1v) is 12.6. The van der Waals surface area contributed by atoms with Gasteiger partial charge in [0.15, 0.2) is 0 Å². The van der Waals surface area contributed by atoms with Crippen LogP contribution in [0.5, 0.6) is 0 Å². The van der Waals surface area contributed by atoms with Gasteiger partial charge in [-0.3, -0.25) is 0 Å². The molecule has 0 radical (unpaired) electrons. The SMILES string of the molecule is C1=CC(P(/C=C/P(c2ccccc2)c2ccccc2)c2ccccc2)C=CC1. The molecule has 0 heterocycles. The van der Waals surface area contributed by atoms with E-state index in [1.54, 1.807) is 0 Å². The summed E-state index contributed by atoms with van der Waals surface area (Å²) in [5.41, 5.74) is 0.478. The zero-order valence-electron chi connectivity index (χ0n) is 15.8. The van der Waals surface area contributed by atoms with Gasteiger partial charge in [-0.2, -0.15) is 0 Å². The van der Waals surface area contributed by atoms with E-state index < -0.39 is 15.8 Å². The van der Waals surface area contributed by atoms with Crippen molar-refractivity contribution in [2.45, 2.75) is 12.1 Å². The molecule has 0 bridgehead atoms. The summed E-state index contributed by atoms with van der Waals surface area (Å²) < 4.78 is 0. The van der Waals surface area contributed by atoms with Gasteiger partial charge >= 0.3 is 0 Å². The highest BCUT2D eigenvalue weighted by Crippen LogP contribution is 2.47. The molecule has 28 heavy (non-hydrogen) atoms. The molecular formula is C26H24P2. The van der Waals surface area contributed by atoms with Gasteiger partial charge in [-0.15, -0.1) is 0 Å². The van der Waals surface area contributed by atoms with Crippen molar-refractivity contribution in [2.75, 3.05) is 0 Å². The average molecular weight is 398 g/mol. The quantitative estimate of drug-likeness (QED) is 0.338. The minimum atomic E-state index is -0.507. The van der Waals surface area contributed by atoms with E-state index in [-0.39, 0.29) is 0 Å². The minimum absolute atomic E-state index is 0.425.